The topological polar surface area (TPSA) is 20.2 Å². The van der Waals surface area contributed by atoms with Crippen LogP contribution in [0.2, 0.25) is 0 Å². The fourth-order valence-electron chi connectivity index (χ4n) is 1.49. The fourth-order valence-corrected chi connectivity index (χ4v) is 1.49. The van der Waals surface area contributed by atoms with Gasteiger partial charge in [-0.05, 0) is 6.92 Å². The van der Waals surface area contributed by atoms with E-state index in [0.717, 1.165) is 0 Å². The lowest BCUT2D eigenvalue weighted by Crippen LogP contribution is -2.70. The van der Waals surface area contributed by atoms with Gasteiger partial charge in [0.2, 0.25) is 0 Å². The summed E-state index contributed by atoms with van der Waals surface area (Å²) in [6.45, 7) is -0.479. The van der Waals surface area contributed by atoms with Crippen LogP contribution in [0.15, 0.2) is 11.6 Å². The van der Waals surface area contributed by atoms with Crippen molar-refractivity contribution in [3.05, 3.63) is 11.6 Å². The van der Waals surface area contributed by atoms with E-state index in [2.05, 4.69) is 0 Å². The Labute approximate surface area is 131 Å². The molecule has 1 N–H and O–H groups in total. The summed E-state index contributed by atoms with van der Waals surface area (Å²) in [6.07, 6.45) is -9.45. The van der Waals surface area contributed by atoms with Gasteiger partial charge in [-0.2, -0.15) is 57.1 Å². The Hall–Kier alpha value is -1.21. The Balaban J connectivity index is 6.16. The molecule has 0 rings (SSSR count). The molecule has 25 heavy (non-hydrogen) atoms. The van der Waals surface area contributed by atoms with E-state index < -0.39 is 54.4 Å². The Bertz CT molecular complexity index is 503. The van der Waals surface area contributed by atoms with Crippen LogP contribution < -0.4 is 0 Å². The highest BCUT2D eigenvalue weighted by molar-refractivity contribution is 5.13. The molecule has 0 atom stereocenters. The van der Waals surface area contributed by atoms with Crippen LogP contribution in [0.3, 0.4) is 0 Å². The van der Waals surface area contributed by atoms with Crippen LogP contribution in [-0.4, -0.2) is 47.5 Å². The molecule has 0 unspecified atom stereocenters. The van der Waals surface area contributed by atoms with E-state index in [1.54, 1.807) is 0 Å². The van der Waals surface area contributed by atoms with Crippen molar-refractivity contribution in [1.29, 1.82) is 0 Å². The van der Waals surface area contributed by atoms with Crippen molar-refractivity contribution in [2.24, 2.45) is 0 Å². The van der Waals surface area contributed by atoms with Crippen molar-refractivity contribution in [2.75, 3.05) is 6.61 Å². The third kappa shape index (κ3) is 3.67. The van der Waals surface area contributed by atoms with Crippen molar-refractivity contribution in [3.63, 3.8) is 0 Å². The number of allylic oxidation sites excluding steroid dienone is 1. The molecular formula is C11H9F13O. The fraction of sp³-hybridized carbons (Fsp3) is 0.818. The minimum atomic E-state index is -7.89. The van der Waals surface area contributed by atoms with Crippen LogP contribution in [0.25, 0.3) is 0 Å². The molecule has 0 fully saturated rings. The smallest absolute Gasteiger partial charge is 0.392 e. The monoisotopic (exact) mass is 404 g/mol. The first kappa shape index (κ1) is 23.8. The molecule has 0 spiro atoms. The normalized spacial score (nSPS) is 16.4. The first-order valence-electron chi connectivity index (χ1n) is 5.93. The molecule has 0 aliphatic heterocycles. The second kappa shape index (κ2) is 6.50. The lowest BCUT2D eigenvalue weighted by molar-refractivity contribution is -0.439. The number of hydrogen-bond acceptors (Lipinski definition) is 1. The maximum Gasteiger partial charge on any atom is 0.460 e. The highest BCUT2D eigenvalue weighted by Crippen LogP contribution is 2.60. The summed E-state index contributed by atoms with van der Waals surface area (Å²) in [5, 5.41) is 8.32. The lowest BCUT2D eigenvalue weighted by Gasteiger charge is -2.39. The molecule has 0 saturated heterocycles. The van der Waals surface area contributed by atoms with Crippen molar-refractivity contribution in [3.8, 4) is 0 Å². The molecule has 0 bridgehead atoms. The van der Waals surface area contributed by atoms with Gasteiger partial charge < -0.3 is 5.11 Å². The van der Waals surface area contributed by atoms with Gasteiger partial charge in [0.25, 0.3) is 0 Å². The van der Waals surface area contributed by atoms with E-state index in [4.69, 9.17) is 5.11 Å². The quantitative estimate of drug-likeness (QED) is 0.465. The van der Waals surface area contributed by atoms with Gasteiger partial charge in [-0.3, -0.25) is 0 Å². The summed E-state index contributed by atoms with van der Waals surface area (Å²) in [4.78, 5) is 0. The molecule has 0 radical (unpaired) electrons. The largest absolute Gasteiger partial charge is 0.460 e. The van der Waals surface area contributed by atoms with Crippen LogP contribution in [0, 0.1) is 0 Å². The maximum absolute atomic E-state index is 13.3. The molecule has 0 saturated carbocycles. The standard InChI is InChI=1S/C11H9F13O/c1-5(2-3-25)4-6(12,13)7(14,15)8(16,17)9(18,19)10(20,21)11(22,23)24/h2,25H,3-4H2,1H3/b5-2+. The highest BCUT2D eigenvalue weighted by Gasteiger charge is 2.90. The average Bonchev–Trinajstić information content (AvgIpc) is 2.35. The van der Waals surface area contributed by atoms with Gasteiger partial charge in [0.05, 0.1) is 6.61 Å². The highest BCUT2D eigenvalue weighted by atomic mass is 19.4. The zero-order chi connectivity index (χ0) is 20.7. The molecule has 150 valence electrons. The van der Waals surface area contributed by atoms with Crippen molar-refractivity contribution in [1.82, 2.24) is 0 Å². The second-order valence-corrected chi connectivity index (χ2v) is 4.91. The Kier molecular flexibility index (Phi) is 6.19. The molecule has 0 aromatic rings. The zero-order valence-electron chi connectivity index (χ0n) is 11.9. The SMILES string of the molecule is C/C(=C\CO)CC(F)(F)C(F)(F)C(F)(F)C(F)(F)C(F)(F)C(F)(F)F. The Morgan fingerprint density at radius 1 is 0.680 bits per heavy atom. The summed E-state index contributed by atoms with van der Waals surface area (Å²) in [6, 6.07) is 0. The van der Waals surface area contributed by atoms with E-state index in [0.29, 0.717) is 13.0 Å². The summed E-state index contributed by atoms with van der Waals surface area (Å²) in [7, 11) is 0. The minimum absolute atomic E-state index is 0.380. The van der Waals surface area contributed by atoms with Gasteiger partial charge in [0.1, 0.15) is 0 Å². The minimum Gasteiger partial charge on any atom is -0.392 e. The number of alkyl halides is 13. The molecular weight excluding hydrogens is 395 g/mol. The number of halogens is 13. The predicted molar refractivity (Wildman–Crippen MR) is 56.2 cm³/mol. The van der Waals surface area contributed by atoms with Gasteiger partial charge in [-0.25, -0.2) is 0 Å². The summed E-state index contributed by atoms with van der Waals surface area (Å²) in [5.41, 5.74) is -0.936. The molecule has 0 aliphatic rings. The van der Waals surface area contributed by atoms with E-state index >= 15 is 0 Å². The van der Waals surface area contributed by atoms with Gasteiger partial charge in [-0.15, -0.1) is 0 Å². The molecule has 0 aliphatic carbocycles. The number of aliphatic hydroxyl groups excluding tert-OH is 1. The molecule has 0 aromatic heterocycles. The molecule has 14 heteroatoms. The van der Waals surface area contributed by atoms with Crippen LogP contribution in [-0.2, 0) is 0 Å². The van der Waals surface area contributed by atoms with Crippen LogP contribution >= 0.6 is 0 Å². The van der Waals surface area contributed by atoms with Crippen LogP contribution in [0.1, 0.15) is 13.3 Å². The van der Waals surface area contributed by atoms with Crippen molar-refractivity contribution < 1.29 is 62.2 Å². The number of rotatable bonds is 7. The summed E-state index contributed by atoms with van der Waals surface area (Å²) >= 11 is 0. The molecule has 0 aromatic carbocycles. The summed E-state index contributed by atoms with van der Waals surface area (Å²) < 4.78 is 166. The predicted octanol–water partition coefficient (Wildman–Crippen LogP) is 5.05. The van der Waals surface area contributed by atoms with Gasteiger partial charge in [0, 0.05) is 6.42 Å². The zero-order valence-corrected chi connectivity index (χ0v) is 11.9. The maximum atomic E-state index is 13.3. The average molecular weight is 404 g/mol. The van der Waals surface area contributed by atoms with Crippen LogP contribution in [0.5, 0.6) is 0 Å². The third-order valence-corrected chi connectivity index (χ3v) is 2.94. The number of hydrogen-bond donors (Lipinski definition) is 1. The first-order valence-corrected chi connectivity index (χ1v) is 5.93. The Morgan fingerprint density at radius 2 is 1.04 bits per heavy atom. The van der Waals surface area contributed by atoms with E-state index in [9.17, 15) is 57.1 Å². The van der Waals surface area contributed by atoms with Gasteiger partial charge in [-0.1, -0.05) is 11.6 Å². The molecule has 1 nitrogen and oxygen atoms in total. The molecule has 0 heterocycles. The number of aliphatic hydroxyl groups is 1. The first-order chi connectivity index (χ1) is 10.7. The van der Waals surface area contributed by atoms with Crippen molar-refractivity contribution in [2.45, 2.75) is 49.1 Å². The Morgan fingerprint density at radius 3 is 1.36 bits per heavy atom. The van der Waals surface area contributed by atoms with Gasteiger partial charge in [0.15, 0.2) is 0 Å². The van der Waals surface area contributed by atoms with E-state index in [1.807, 2.05) is 0 Å². The van der Waals surface area contributed by atoms with Gasteiger partial charge >= 0.3 is 35.8 Å². The van der Waals surface area contributed by atoms with Crippen molar-refractivity contribution >= 4 is 0 Å². The van der Waals surface area contributed by atoms with E-state index in [1.165, 1.54) is 0 Å². The lowest BCUT2D eigenvalue weighted by atomic mass is 9.91. The third-order valence-electron chi connectivity index (χ3n) is 2.94. The van der Waals surface area contributed by atoms with E-state index in [-0.39, 0.29) is 0 Å². The van der Waals surface area contributed by atoms with Crippen LogP contribution in [0.4, 0.5) is 57.1 Å². The second-order valence-electron chi connectivity index (χ2n) is 4.91. The molecule has 0 amide bonds. The summed E-state index contributed by atoms with van der Waals surface area (Å²) in [5.74, 6) is -36.8.